The van der Waals surface area contributed by atoms with Crippen LogP contribution in [0.1, 0.15) is 52.9 Å². The fourth-order valence-corrected chi connectivity index (χ4v) is 3.80. The maximum atomic E-state index is 11.9. The van der Waals surface area contributed by atoms with E-state index in [0.717, 1.165) is 32.5 Å². The van der Waals surface area contributed by atoms with Gasteiger partial charge in [0.05, 0.1) is 0 Å². The first-order valence-electron chi connectivity index (χ1n) is 7.70. The van der Waals surface area contributed by atoms with E-state index in [4.69, 9.17) is 0 Å². The molecule has 1 aliphatic heterocycles. The van der Waals surface area contributed by atoms with Crippen LogP contribution in [0.5, 0.6) is 0 Å². The maximum absolute atomic E-state index is 11.9. The molecule has 1 heterocycles. The number of amides is 1. The number of hydrogen-bond donors (Lipinski definition) is 0. The summed E-state index contributed by atoms with van der Waals surface area (Å²) in [5, 5.41) is 0. The van der Waals surface area contributed by atoms with E-state index in [1.165, 1.54) is 19.3 Å². The highest BCUT2D eigenvalue weighted by atomic mass is 16.2. The number of carbonyl (C=O) groups excluding carboxylic acids is 1. The molecule has 0 N–H and O–H groups in total. The lowest BCUT2D eigenvalue weighted by Gasteiger charge is -2.43. The number of nitrogens with zero attached hydrogens (tertiary/aromatic N) is 2. The predicted octanol–water partition coefficient (Wildman–Crippen LogP) is 2.51. The molecule has 0 radical (unpaired) electrons. The molecule has 0 bridgehead atoms. The maximum Gasteiger partial charge on any atom is 0.222 e. The van der Waals surface area contributed by atoms with Gasteiger partial charge in [-0.25, -0.2) is 0 Å². The van der Waals surface area contributed by atoms with Gasteiger partial charge in [-0.15, -0.1) is 0 Å². The van der Waals surface area contributed by atoms with Gasteiger partial charge in [0.2, 0.25) is 5.91 Å². The summed E-state index contributed by atoms with van der Waals surface area (Å²) in [6.07, 6.45) is 5.61. The average molecular weight is 252 g/mol. The lowest BCUT2D eigenvalue weighted by atomic mass is 9.81. The monoisotopic (exact) mass is 252 g/mol. The molecule has 0 aromatic carbocycles. The lowest BCUT2D eigenvalue weighted by Crippen LogP contribution is -2.49. The van der Waals surface area contributed by atoms with Gasteiger partial charge in [-0.05, 0) is 44.7 Å². The Hall–Kier alpha value is -0.570. The third-order valence-corrected chi connectivity index (χ3v) is 4.96. The summed E-state index contributed by atoms with van der Waals surface area (Å²) >= 11 is 0. The van der Waals surface area contributed by atoms with E-state index in [2.05, 4.69) is 30.6 Å². The Bertz CT molecular complexity index is 288. The Kier molecular flexibility index (Phi) is 4.66. The van der Waals surface area contributed by atoms with E-state index >= 15 is 0 Å². The van der Waals surface area contributed by atoms with Crippen molar-refractivity contribution in [1.29, 1.82) is 0 Å². The van der Waals surface area contributed by atoms with Crippen LogP contribution in [-0.4, -0.2) is 47.4 Å². The molecule has 18 heavy (non-hydrogen) atoms. The molecule has 1 amide bonds. The second kappa shape index (κ2) is 6.05. The normalized spacial score (nSPS) is 33.4. The molecular formula is C15H28N2O. The van der Waals surface area contributed by atoms with Crippen molar-refractivity contribution >= 4 is 5.91 Å². The van der Waals surface area contributed by atoms with E-state index in [0.29, 0.717) is 23.9 Å². The Morgan fingerprint density at radius 2 is 2.00 bits per heavy atom. The van der Waals surface area contributed by atoms with Crippen LogP contribution >= 0.6 is 0 Å². The van der Waals surface area contributed by atoms with Crippen molar-refractivity contribution in [3.05, 3.63) is 0 Å². The predicted molar refractivity (Wildman–Crippen MR) is 74.5 cm³/mol. The zero-order valence-corrected chi connectivity index (χ0v) is 12.2. The highest BCUT2D eigenvalue weighted by Gasteiger charge is 2.37. The fraction of sp³-hybridized carbons (Fsp3) is 0.933. The Morgan fingerprint density at radius 1 is 1.28 bits per heavy atom. The zero-order valence-electron chi connectivity index (χ0n) is 12.2. The quantitative estimate of drug-likeness (QED) is 0.767. The molecule has 3 unspecified atom stereocenters. The average Bonchev–Trinajstić information content (AvgIpc) is 2.79. The van der Waals surface area contributed by atoms with Gasteiger partial charge in [0.15, 0.2) is 0 Å². The summed E-state index contributed by atoms with van der Waals surface area (Å²) in [6.45, 7) is 10.1. The molecule has 2 rings (SSSR count). The molecule has 3 atom stereocenters. The summed E-state index contributed by atoms with van der Waals surface area (Å²) < 4.78 is 0. The molecule has 1 aliphatic carbocycles. The topological polar surface area (TPSA) is 23.6 Å². The number of rotatable bonds is 4. The van der Waals surface area contributed by atoms with E-state index < -0.39 is 0 Å². The van der Waals surface area contributed by atoms with Gasteiger partial charge in [0, 0.05) is 25.0 Å². The summed E-state index contributed by atoms with van der Waals surface area (Å²) in [4.78, 5) is 16.7. The van der Waals surface area contributed by atoms with E-state index in [1.807, 2.05) is 0 Å². The van der Waals surface area contributed by atoms with E-state index in [-0.39, 0.29) is 0 Å². The van der Waals surface area contributed by atoms with Crippen LogP contribution in [0.2, 0.25) is 0 Å². The van der Waals surface area contributed by atoms with Gasteiger partial charge >= 0.3 is 0 Å². The van der Waals surface area contributed by atoms with Crippen molar-refractivity contribution in [1.82, 2.24) is 9.80 Å². The summed E-state index contributed by atoms with van der Waals surface area (Å²) in [7, 11) is 0. The molecule has 2 aliphatic rings. The van der Waals surface area contributed by atoms with Crippen LogP contribution < -0.4 is 0 Å². The second-order valence-electron chi connectivity index (χ2n) is 5.92. The Morgan fingerprint density at radius 3 is 2.56 bits per heavy atom. The van der Waals surface area contributed by atoms with Crippen molar-refractivity contribution in [2.24, 2.45) is 5.92 Å². The van der Waals surface area contributed by atoms with Crippen LogP contribution in [0.4, 0.5) is 0 Å². The van der Waals surface area contributed by atoms with Gasteiger partial charge < -0.3 is 9.80 Å². The number of hydrogen-bond acceptors (Lipinski definition) is 2. The summed E-state index contributed by atoms with van der Waals surface area (Å²) in [5.74, 6) is 1.07. The highest BCUT2D eigenvalue weighted by molar-refractivity contribution is 5.78. The van der Waals surface area contributed by atoms with Crippen LogP contribution in [0, 0.1) is 5.92 Å². The molecule has 3 heteroatoms. The van der Waals surface area contributed by atoms with Gasteiger partial charge in [-0.1, -0.05) is 20.8 Å². The smallest absolute Gasteiger partial charge is 0.222 e. The molecule has 1 saturated heterocycles. The van der Waals surface area contributed by atoms with Crippen molar-refractivity contribution < 1.29 is 4.79 Å². The van der Waals surface area contributed by atoms with Crippen LogP contribution in [0.25, 0.3) is 0 Å². The summed E-state index contributed by atoms with van der Waals surface area (Å²) in [6, 6.07) is 1.19. The zero-order chi connectivity index (χ0) is 13.1. The van der Waals surface area contributed by atoms with Crippen LogP contribution in [0.3, 0.4) is 0 Å². The van der Waals surface area contributed by atoms with Crippen molar-refractivity contribution in [3.63, 3.8) is 0 Å². The third-order valence-electron chi connectivity index (χ3n) is 4.96. The number of likely N-dealkylation sites (tertiary alicyclic amines) is 1. The molecule has 2 fully saturated rings. The second-order valence-corrected chi connectivity index (χ2v) is 5.92. The third kappa shape index (κ3) is 2.71. The first kappa shape index (κ1) is 13.9. The largest absolute Gasteiger partial charge is 0.339 e. The van der Waals surface area contributed by atoms with Crippen molar-refractivity contribution in [2.75, 3.05) is 19.6 Å². The molecule has 0 aromatic rings. The Balaban J connectivity index is 2.02. The molecule has 104 valence electrons. The number of carbonyl (C=O) groups is 1. The molecule has 3 nitrogen and oxygen atoms in total. The van der Waals surface area contributed by atoms with E-state index in [1.54, 1.807) is 0 Å². The standard InChI is InChI=1S/C15H28N2O/c1-4-16(5-2)13-9-8-12(3)14(11-13)17-10-6-7-15(17)18/h12-14H,4-11H2,1-3H3. The fourth-order valence-electron chi connectivity index (χ4n) is 3.80. The van der Waals surface area contributed by atoms with Gasteiger partial charge in [0.25, 0.3) is 0 Å². The SMILES string of the molecule is CCN(CC)C1CCC(C)C(N2CCCC2=O)C1. The van der Waals surface area contributed by atoms with Gasteiger partial charge in [-0.3, -0.25) is 4.79 Å². The molecule has 0 aromatic heterocycles. The summed E-state index contributed by atoms with van der Waals surface area (Å²) in [5.41, 5.74) is 0. The highest BCUT2D eigenvalue weighted by Crippen LogP contribution is 2.33. The van der Waals surface area contributed by atoms with Crippen molar-refractivity contribution in [2.45, 2.75) is 65.0 Å². The van der Waals surface area contributed by atoms with Crippen molar-refractivity contribution in [3.8, 4) is 0 Å². The first-order valence-corrected chi connectivity index (χ1v) is 7.70. The van der Waals surface area contributed by atoms with E-state index in [9.17, 15) is 4.79 Å². The van der Waals surface area contributed by atoms with Gasteiger partial charge in [0.1, 0.15) is 0 Å². The minimum atomic E-state index is 0.395. The minimum Gasteiger partial charge on any atom is -0.339 e. The molecular weight excluding hydrogens is 224 g/mol. The lowest BCUT2D eigenvalue weighted by molar-refractivity contribution is -0.131. The minimum absolute atomic E-state index is 0.395. The molecule has 1 saturated carbocycles. The van der Waals surface area contributed by atoms with Crippen LogP contribution in [0.15, 0.2) is 0 Å². The Labute approximate surface area is 112 Å². The van der Waals surface area contributed by atoms with Gasteiger partial charge in [-0.2, -0.15) is 0 Å². The van der Waals surface area contributed by atoms with Crippen LogP contribution in [-0.2, 0) is 4.79 Å². The first-order chi connectivity index (χ1) is 8.67. The molecule has 0 spiro atoms.